The molecule has 0 aliphatic carbocycles. The van der Waals surface area contributed by atoms with Crippen molar-refractivity contribution in [3.63, 3.8) is 0 Å². The summed E-state index contributed by atoms with van der Waals surface area (Å²) >= 11 is 1.22. The molecule has 0 fully saturated rings. The van der Waals surface area contributed by atoms with Gasteiger partial charge in [0.05, 0.1) is 10.6 Å². The quantitative estimate of drug-likeness (QED) is 0.748. The SMILES string of the molecule is Cc1csc(NS(=O)(=O)c2ccc3oc(=O)ccc3c2)n1. The van der Waals surface area contributed by atoms with E-state index in [1.165, 1.54) is 41.7 Å². The number of hydrogen-bond acceptors (Lipinski definition) is 6. The summed E-state index contributed by atoms with van der Waals surface area (Å²) in [6, 6.07) is 7.05. The van der Waals surface area contributed by atoms with Crippen molar-refractivity contribution in [2.45, 2.75) is 11.8 Å². The van der Waals surface area contributed by atoms with Crippen LogP contribution in [0.5, 0.6) is 0 Å². The lowest BCUT2D eigenvalue weighted by Crippen LogP contribution is -2.12. The van der Waals surface area contributed by atoms with Crippen molar-refractivity contribution in [3.05, 3.63) is 51.8 Å². The van der Waals surface area contributed by atoms with Gasteiger partial charge in [0.1, 0.15) is 5.58 Å². The summed E-state index contributed by atoms with van der Waals surface area (Å²) in [6.07, 6.45) is 0. The van der Waals surface area contributed by atoms with Crippen LogP contribution in [0.1, 0.15) is 5.69 Å². The molecule has 0 bridgehead atoms. The lowest BCUT2D eigenvalue weighted by atomic mass is 10.2. The van der Waals surface area contributed by atoms with Crippen LogP contribution >= 0.6 is 11.3 Å². The van der Waals surface area contributed by atoms with E-state index >= 15 is 0 Å². The maximum atomic E-state index is 12.3. The number of rotatable bonds is 3. The minimum absolute atomic E-state index is 0.0803. The predicted octanol–water partition coefficient (Wildman–Crippen LogP) is 2.36. The lowest BCUT2D eigenvalue weighted by molar-refractivity contribution is 0.560. The highest BCUT2D eigenvalue weighted by molar-refractivity contribution is 7.93. The zero-order valence-electron chi connectivity index (χ0n) is 10.9. The number of thiazole rings is 1. The van der Waals surface area contributed by atoms with E-state index in [0.717, 1.165) is 5.69 Å². The molecule has 2 aromatic heterocycles. The van der Waals surface area contributed by atoms with E-state index in [2.05, 4.69) is 9.71 Å². The average molecular weight is 322 g/mol. The van der Waals surface area contributed by atoms with E-state index in [1.54, 1.807) is 12.3 Å². The summed E-state index contributed by atoms with van der Waals surface area (Å²) in [5.41, 5.74) is 0.610. The standard InChI is InChI=1S/C13H10N2O4S2/c1-8-7-20-13(14-8)15-21(17,18)10-3-4-11-9(6-10)2-5-12(16)19-11/h2-7H,1H3,(H,14,15). The van der Waals surface area contributed by atoms with E-state index in [1.807, 2.05) is 0 Å². The van der Waals surface area contributed by atoms with Crippen molar-refractivity contribution < 1.29 is 12.8 Å². The molecule has 6 nitrogen and oxygen atoms in total. The molecule has 0 spiro atoms. The first-order valence-corrected chi connectivity index (χ1v) is 8.29. The Balaban J connectivity index is 2.02. The first kappa shape index (κ1) is 13.8. The largest absolute Gasteiger partial charge is 0.423 e. The van der Waals surface area contributed by atoms with Crippen molar-refractivity contribution in [2.75, 3.05) is 4.72 Å². The van der Waals surface area contributed by atoms with Crippen LogP contribution in [0.25, 0.3) is 11.0 Å². The minimum Gasteiger partial charge on any atom is -0.423 e. The number of anilines is 1. The highest BCUT2D eigenvalue weighted by Crippen LogP contribution is 2.22. The third-order valence-corrected chi connectivity index (χ3v) is 5.08. The highest BCUT2D eigenvalue weighted by Gasteiger charge is 2.16. The van der Waals surface area contributed by atoms with Gasteiger partial charge in [-0.15, -0.1) is 11.3 Å². The molecule has 0 amide bonds. The fraction of sp³-hybridized carbons (Fsp3) is 0.0769. The van der Waals surface area contributed by atoms with Gasteiger partial charge in [-0.25, -0.2) is 18.2 Å². The van der Waals surface area contributed by atoms with Crippen LogP contribution in [-0.4, -0.2) is 13.4 Å². The summed E-state index contributed by atoms with van der Waals surface area (Å²) < 4.78 is 32.0. The molecule has 3 aromatic rings. The molecule has 2 heterocycles. The third kappa shape index (κ3) is 2.81. The second-order valence-corrected chi connectivity index (χ2v) is 6.89. The molecule has 0 saturated heterocycles. The predicted molar refractivity (Wildman–Crippen MR) is 80.1 cm³/mol. The van der Waals surface area contributed by atoms with Gasteiger partial charge in [0.25, 0.3) is 10.0 Å². The molecule has 0 unspecified atom stereocenters. The van der Waals surface area contributed by atoms with Gasteiger partial charge in [-0.2, -0.15) is 0 Å². The number of sulfonamides is 1. The normalized spacial score (nSPS) is 11.7. The van der Waals surface area contributed by atoms with Crippen molar-refractivity contribution in [3.8, 4) is 0 Å². The maximum Gasteiger partial charge on any atom is 0.336 e. The van der Waals surface area contributed by atoms with Crippen LogP contribution in [0.15, 0.2) is 49.8 Å². The number of aryl methyl sites for hydroxylation is 1. The van der Waals surface area contributed by atoms with E-state index in [-0.39, 0.29) is 4.90 Å². The van der Waals surface area contributed by atoms with Crippen LogP contribution in [0, 0.1) is 6.92 Å². The molecule has 3 rings (SSSR count). The Morgan fingerprint density at radius 1 is 1.24 bits per heavy atom. The van der Waals surface area contributed by atoms with Gasteiger partial charge in [-0.1, -0.05) is 0 Å². The average Bonchev–Trinajstić information content (AvgIpc) is 2.82. The van der Waals surface area contributed by atoms with Gasteiger partial charge in [0.2, 0.25) is 0 Å². The van der Waals surface area contributed by atoms with E-state index in [9.17, 15) is 13.2 Å². The smallest absolute Gasteiger partial charge is 0.336 e. The Bertz CT molecular complexity index is 973. The summed E-state index contributed by atoms with van der Waals surface area (Å²) in [5.74, 6) is 0. The zero-order chi connectivity index (χ0) is 15.0. The molecule has 8 heteroatoms. The van der Waals surface area contributed by atoms with E-state index < -0.39 is 15.6 Å². The van der Waals surface area contributed by atoms with Crippen molar-refractivity contribution >= 4 is 37.5 Å². The molecule has 1 N–H and O–H groups in total. The zero-order valence-corrected chi connectivity index (χ0v) is 12.5. The third-order valence-electron chi connectivity index (χ3n) is 2.74. The Morgan fingerprint density at radius 2 is 2.05 bits per heavy atom. The second-order valence-electron chi connectivity index (χ2n) is 4.35. The van der Waals surface area contributed by atoms with E-state index in [4.69, 9.17) is 4.42 Å². The molecule has 0 aliphatic rings. The fourth-order valence-corrected chi connectivity index (χ4v) is 3.77. The first-order chi connectivity index (χ1) is 9.94. The molecule has 0 saturated carbocycles. The molecule has 108 valence electrons. The topological polar surface area (TPSA) is 89.3 Å². The van der Waals surface area contributed by atoms with E-state index in [0.29, 0.717) is 16.1 Å². The van der Waals surface area contributed by atoms with Gasteiger partial charge in [-0.05, 0) is 31.2 Å². The van der Waals surface area contributed by atoms with Gasteiger partial charge >= 0.3 is 5.63 Å². The Kier molecular flexibility index (Phi) is 3.26. The first-order valence-electron chi connectivity index (χ1n) is 5.93. The minimum atomic E-state index is -3.72. The lowest BCUT2D eigenvalue weighted by Gasteiger charge is -2.05. The summed E-state index contributed by atoms with van der Waals surface area (Å²) in [6.45, 7) is 1.78. The van der Waals surface area contributed by atoms with Gasteiger partial charge in [0, 0.05) is 16.8 Å². The van der Waals surface area contributed by atoms with Crippen molar-refractivity contribution in [1.29, 1.82) is 0 Å². The Hall–Kier alpha value is -2.19. The molecule has 0 radical (unpaired) electrons. The summed E-state index contributed by atoms with van der Waals surface area (Å²) in [7, 11) is -3.72. The van der Waals surface area contributed by atoms with Crippen LogP contribution in [-0.2, 0) is 10.0 Å². The van der Waals surface area contributed by atoms with Gasteiger partial charge < -0.3 is 4.42 Å². The second kappa shape index (κ2) is 4.97. The number of aromatic nitrogens is 1. The molecular formula is C13H10N2O4S2. The number of nitrogens with one attached hydrogen (secondary N) is 1. The van der Waals surface area contributed by atoms with Gasteiger partial charge in [0.15, 0.2) is 5.13 Å². The number of hydrogen-bond donors (Lipinski definition) is 1. The fourth-order valence-electron chi connectivity index (χ4n) is 1.79. The molecule has 0 aliphatic heterocycles. The molecule has 21 heavy (non-hydrogen) atoms. The van der Waals surface area contributed by atoms with Crippen LogP contribution in [0.4, 0.5) is 5.13 Å². The number of fused-ring (bicyclic) bond motifs is 1. The van der Waals surface area contributed by atoms with Crippen molar-refractivity contribution in [2.24, 2.45) is 0 Å². The van der Waals surface area contributed by atoms with Crippen LogP contribution in [0.3, 0.4) is 0 Å². The number of benzene rings is 1. The molecular weight excluding hydrogens is 312 g/mol. The molecule has 0 atom stereocenters. The highest BCUT2D eigenvalue weighted by atomic mass is 32.2. The molecule has 1 aromatic carbocycles. The van der Waals surface area contributed by atoms with Crippen molar-refractivity contribution in [1.82, 2.24) is 4.98 Å². The van der Waals surface area contributed by atoms with Gasteiger partial charge in [-0.3, -0.25) is 4.72 Å². The van der Waals surface area contributed by atoms with Crippen LogP contribution in [0.2, 0.25) is 0 Å². The monoisotopic (exact) mass is 322 g/mol. The summed E-state index contributed by atoms with van der Waals surface area (Å²) in [5, 5.41) is 2.60. The van der Waals surface area contributed by atoms with Crippen LogP contribution < -0.4 is 10.3 Å². The Morgan fingerprint density at radius 3 is 2.76 bits per heavy atom. The summed E-state index contributed by atoms with van der Waals surface area (Å²) in [4.78, 5) is 15.2. The number of nitrogens with zero attached hydrogens (tertiary/aromatic N) is 1. The Labute approximate surface area is 124 Å². The maximum absolute atomic E-state index is 12.3.